The van der Waals surface area contributed by atoms with Gasteiger partial charge in [0.05, 0.1) is 6.20 Å². The summed E-state index contributed by atoms with van der Waals surface area (Å²) in [4.78, 5) is 18.0. The van der Waals surface area contributed by atoms with E-state index in [1.54, 1.807) is 0 Å². The summed E-state index contributed by atoms with van der Waals surface area (Å²) < 4.78 is 0. The number of rotatable bonds is 2. The molecule has 0 amide bonds. The molecule has 1 fully saturated rings. The van der Waals surface area contributed by atoms with Crippen molar-refractivity contribution in [2.75, 3.05) is 11.1 Å². The van der Waals surface area contributed by atoms with Gasteiger partial charge in [0, 0.05) is 6.04 Å². The number of hydrogen-bond donors (Lipinski definition) is 3. The molecule has 0 spiro atoms. The van der Waals surface area contributed by atoms with Gasteiger partial charge in [0.1, 0.15) is 5.69 Å². The van der Waals surface area contributed by atoms with Crippen molar-refractivity contribution in [3.05, 3.63) is 16.6 Å². The minimum absolute atomic E-state index is 0.155. The first-order valence-corrected chi connectivity index (χ1v) is 5.76. The fourth-order valence-corrected chi connectivity index (χ4v) is 2.08. The van der Waals surface area contributed by atoms with Crippen LogP contribution in [0.4, 0.5) is 11.6 Å². The summed E-state index contributed by atoms with van der Waals surface area (Å²) in [6.07, 6.45) is 6.13. The molecule has 1 heterocycles. The van der Waals surface area contributed by atoms with E-state index in [9.17, 15) is 4.79 Å². The summed E-state index contributed by atoms with van der Waals surface area (Å²) >= 11 is 0. The van der Waals surface area contributed by atoms with Gasteiger partial charge in [-0.25, -0.2) is 4.98 Å². The number of aromatic nitrogens is 2. The molecule has 1 aromatic rings. The fourth-order valence-electron chi connectivity index (χ4n) is 2.08. The van der Waals surface area contributed by atoms with Crippen molar-refractivity contribution in [1.82, 2.24) is 9.97 Å². The number of nitrogens with zero attached hydrogens (tertiary/aromatic N) is 1. The quantitative estimate of drug-likeness (QED) is 0.705. The van der Waals surface area contributed by atoms with Gasteiger partial charge in [-0.2, -0.15) is 0 Å². The van der Waals surface area contributed by atoms with Gasteiger partial charge in [0.2, 0.25) is 5.95 Å². The molecule has 16 heavy (non-hydrogen) atoms. The Balaban J connectivity index is 1.99. The molecule has 5 nitrogen and oxygen atoms in total. The second-order valence-corrected chi connectivity index (χ2v) is 4.62. The van der Waals surface area contributed by atoms with E-state index in [2.05, 4.69) is 22.2 Å². The van der Waals surface area contributed by atoms with E-state index in [4.69, 9.17) is 5.73 Å². The molecule has 2 rings (SSSR count). The lowest BCUT2D eigenvalue weighted by atomic mass is 9.87. The Morgan fingerprint density at radius 3 is 2.75 bits per heavy atom. The molecule has 5 heteroatoms. The molecule has 0 atom stereocenters. The number of aromatic amines is 1. The third kappa shape index (κ3) is 2.53. The minimum atomic E-state index is -0.276. The maximum Gasteiger partial charge on any atom is 0.275 e. The van der Waals surface area contributed by atoms with Crippen LogP contribution in [0.2, 0.25) is 0 Å². The maximum atomic E-state index is 11.3. The average molecular weight is 222 g/mol. The number of nitrogens with one attached hydrogen (secondary N) is 2. The Kier molecular flexibility index (Phi) is 3.12. The SMILES string of the molecule is CC1CCC(Nc2ncc(N)c(=O)[nH]2)CC1. The first-order chi connectivity index (χ1) is 7.65. The largest absolute Gasteiger partial charge is 0.393 e. The second kappa shape index (κ2) is 4.55. The summed E-state index contributed by atoms with van der Waals surface area (Å²) in [7, 11) is 0. The van der Waals surface area contributed by atoms with Crippen LogP contribution in [0.15, 0.2) is 11.0 Å². The van der Waals surface area contributed by atoms with E-state index in [1.165, 1.54) is 19.0 Å². The Labute approximate surface area is 94.5 Å². The van der Waals surface area contributed by atoms with Crippen LogP contribution in [-0.2, 0) is 0 Å². The molecule has 1 saturated carbocycles. The van der Waals surface area contributed by atoms with Crippen LogP contribution in [-0.4, -0.2) is 16.0 Å². The second-order valence-electron chi connectivity index (χ2n) is 4.62. The number of H-pyrrole nitrogens is 1. The predicted molar refractivity (Wildman–Crippen MR) is 64.3 cm³/mol. The van der Waals surface area contributed by atoms with Gasteiger partial charge in [-0.15, -0.1) is 0 Å². The predicted octanol–water partition coefficient (Wildman–Crippen LogP) is 1.34. The van der Waals surface area contributed by atoms with Crippen LogP contribution >= 0.6 is 0 Å². The van der Waals surface area contributed by atoms with E-state index in [0.717, 1.165) is 18.8 Å². The molecule has 0 aliphatic heterocycles. The standard InChI is InChI=1S/C11H18N4O/c1-7-2-4-8(5-3-7)14-11-13-6-9(12)10(16)15-11/h6-8H,2-5,12H2,1H3,(H2,13,14,15,16). The molecular weight excluding hydrogens is 204 g/mol. The molecular formula is C11H18N4O. The zero-order valence-electron chi connectivity index (χ0n) is 9.49. The van der Waals surface area contributed by atoms with E-state index < -0.39 is 0 Å². The van der Waals surface area contributed by atoms with Crippen molar-refractivity contribution in [2.45, 2.75) is 38.6 Å². The lowest BCUT2D eigenvalue weighted by Gasteiger charge is -2.26. The first kappa shape index (κ1) is 11.0. The van der Waals surface area contributed by atoms with Gasteiger partial charge >= 0.3 is 0 Å². The molecule has 1 aromatic heterocycles. The zero-order valence-corrected chi connectivity index (χ0v) is 9.49. The Morgan fingerprint density at radius 2 is 2.12 bits per heavy atom. The van der Waals surface area contributed by atoms with Crippen LogP contribution < -0.4 is 16.6 Å². The molecule has 0 bridgehead atoms. The molecule has 0 radical (unpaired) electrons. The maximum absolute atomic E-state index is 11.3. The molecule has 0 aromatic carbocycles. The third-order valence-electron chi connectivity index (χ3n) is 3.18. The Morgan fingerprint density at radius 1 is 1.44 bits per heavy atom. The number of nitrogen functional groups attached to an aromatic ring is 1. The molecule has 88 valence electrons. The summed E-state index contributed by atoms with van der Waals surface area (Å²) in [5.74, 6) is 1.34. The molecule has 1 aliphatic carbocycles. The minimum Gasteiger partial charge on any atom is -0.393 e. The summed E-state index contributed by atoms with van der Waals surface area (Å²) in [6.45, 7) is 2.28. The number of nitrogens with two attached hydrogens (primary N) is 1. The van der Waals surface area contributed by atoms with Crippen molar-refractivity contribution in [2.24, 2.45) is 5.92 Å². The van der Waals surface area contributed by atoms with Crippen LogP contribution in [0.25, 0.3) is 0 Å². The van der Waals surface area contributed by atoms with Gasteiger partial charge in [-0.05, 0) is 31.6 Å². The van der Waals surface area contributed by atoms with Crippen LogP contribution in [0.1, 0.15) is 32.6 Å². The average Bonchev–Trinajstić information content (AvgIpc) is 2.27. The van der Waals surface area contributed by atoms with Gasteiger partial charge in [-0.3, -0.25) is 9.78 Å². The van der Waals surface area contributed by atoms with E-state index in [1.807, 2.05) is 0 Å². The topological polar surface area (TPSA) is 83.8 Å². The van der Waals surface area contributed by atoms with Gasteiger partial charge in [0.25, 0.3) is 5.56 Å². The van der Waals surface area contributed by atoms with Crippen molar-refractivity contribution in [1.29, 1.82) is 0 Å². The summed E-state index contributed by atoms with van der Waals surface area (Å²) in [6, 6.07) is 0.419. The highest BCUT2D eigenvalue weighted by Crippen LogP contribution is 2.24. The highest BCUT2D eigenvalue weighted by atomic mass is 16.1. The van der Waals surface area contributed by atoms with Gasteiger partial charge in [0.15, 0.2) is 0 Å². The number of anilines is 2. The van der Waals surface area contributed by atoms with Crippen molar-refractivity contribution in [3.63, 3.8) is 0 Å². The monoisotopic (exact) mass is 222 g/mol. The van der Waals surface area contributed by atoms with E-state index in [0.29, 0.717) is 12.0 Å². The number of hydrogen-bond acceptors (Lipinski definition) is 4. The first-order valence-electron chi connectivity index (χ1n) is 5.76. The highest BCUT2D eigenvalue weighted by Gasteiger charge is 2.18. The third-order valence-corrected chi connectivity index (χ3v) is 3.18. The zero-order chi connectivity index (χ0) is 11.5. The molecule has 0 saturated heterocycles. The van der Waals surface area contributed by atoms with E-state index >= 15 is 0 Å². The van der Waals surface area contributed by atoms with Crippen LogP contribution in [0.5, 0.6) is 0 Å². The Bertz CT molecular complexity index is 407. The molecule has 1 aliphatic rings. The summed E-state index contributed by atoms with van der Waals surface area (Å²) in [5.41, 5.74) is 5.29. The smallest absolute Gasteiger partial charge is 0.275 e. The van der Waals surface area contributed by atoms with Crippen molar-refractivity contribution < 1.29 is 0 Å². The lowest BCUT2D eigenvalue weighted by molar-refractivity contribution is 0.360. The Hall–Kier alpha value is -1.52. The lowest BCUT2D eigenvalue weighted by Crippen LogP contribution is -2.27. The normalized spacial score (nSPS) is 25.3. The van der Waals surface area contributed by atoms with Crippen molar-refractivity contribution >= 4 is 11.6 Å². The molecule has 0 unspecified atom stereocenters. The van der Waals surface area contributed by atoms with E-state index in [-0.39, 0.29) is 11.2 Å². The fraction of sp³-hybridized carbons (Fsp3) is 0.636. The van der Waals surface area contributed by atoms with Crippen LogP contribution in [0.3, 0.4) is 0 Å². The molecule has 4 N–H and O–H groups in total. The van der Waals surface area contributed by atoms with Crippen molar-refractivity contribution in [3.8, 4) is 0 Å². The van der Waals surface area contributed by atoms with Crippen LogP contribution in [0, 0.1) is 5.92 Å². The van der Waals surface area contributed by atoms with Gasteiger partial charge < -0.3 is 11.1 Å². The van der Waals surface area contributed by atoms with Gasteiger partial charge in [-0.1, -0.05) is 6.92 Å². The highest BCUT2D eigenvalue weighted by molar-refractivity contribution is 5.36. The summed E-state index contributed by atoms with van der Waals surface area (Å²) in [5, 5.41) is 3.25.